The Morgan fingerprint density at radius 3 is 2.46 bits per heavy atom. The standard InChI is InChI=1S/C11H18N2/c1-4-5-13-11-7-9(3)8(2)6-10(11)12/h6-7,13H,4-5,12H2,1-3H3. The van der Waals surface area contributed by atoms with Gasteiger partial charge in [0.1, 0.15) is 0 Å². The second-order valence-electron chi connectivity index (χ2n) is 3.45. The molecule has 0 fully saturated rings. The molecule has 3 N–H and O–H groups in total. The van der Waals surface area contributed by atoms with E-state index in [9.17, 15) is 0 Å². The highest BCUT2D eigenvalue weighted by Gasteiger charge is 2.00. The number of rotatable bonds is 3. The summed E-state index contributed by atoms with van der Waals surface area (Å²) in [5.74, 6) is 0. The van der Waals surface area contributed by atoms with Crippen LogP contribution in [-0.4, -0.2) is 6.54 Å². The van der Waals surface area contributed by atoms with Crippen LogP contribution in [0, 0.1) is 13.8 Å². The lowest BCUT2D eigenvalue weighted by atomic mass is 10.1. The zero-order chi connectivity index (χ0) is 9.84. The third-order valence-corrected chi connectivity index (χ3v) is 2.23. The van der Waals surface area contributed by atoms with Gasteiger partial charge in [0.05, 0.1) is 11.4 Å². The molecule has 0 saturated heterocycles. The van der Waals surface area contributed by atoms with E-state index in [1.54, 1.807) is 0 Å². The summed E-state index contributed by atoms with van der Waals surface area (Å²) < 4.78 is 0. The van der Waals surface area contributed by atoms with E-state index in [1.165, 1.54) is 11.1 Å². The topological polar surface area (TPSA) is 38.0 Å². The van der Waals surface area contributed by atoms with Gasteiger partial charge in [-0.1, -0.05) is 6.92 Å². The summed E-state index contributed by atoms with van der Waals surface area (Å²) in [6, 6.07) is 4.13. The Kier molecular flexibility index (Phi) is 3.18. The van der Waals surface area contributed by atoms with Gasteiger partial charge in [-0.2, -0.15) is 0 Å². The summed E-state index contributed by atoms with van der Waals surface area (Å²) in [6.45, 7) is 7.30. The molecule has 0 aliphatic carbocycles. The van der Waals surface area contributed by atoms with Gasteiger partial charge in [-0.05, 0) is 43.5 Å². The zero-order valence-electron chi connectivity index (χ0n) is 8.65. The second-order valence-corrected chi connectivity index (χ2v) is 3.45. The highest BCUT2D eigenvalue weighted by Crippen LogP contribution is 2.22. The number of nitrogens with one attached hydrogen (secondary N) is 1. The first-order valence-corrected chi connectivity index (χ1v) is 4.75. The quantitative estimate of drug-likeness (QED) is 0.698. The number of benzene rings is 1. The van der Waals surface area contributed by atoms with Crippen molar-refractivity contribution in [3.8, 4) is 0 Å². The Balaban J connectivity index is 2.88. The van der Waals surface area contributed by atoms with E-state index in [2.05, 4.69) is 32.2 Å². The van der Waals surface area contributed by atoms with Gasteiger partial charge in [-0.15, -0.1) is 0 Å². The molecule has 0 aliphatic heterocycles. The van der Waals surface area contributed by atoms with Crippen LogP contribution in [-0.2, 0) is 0 Å². The van der Waals surface area contributed by atoms with Gasteiger partial charge in [0.25, 0.3) is 0 Å². The average molecular weight is 178 g/mol. The largest absolute Gasteiger partial charge is 0.397 e. The molecule has 0 atom stereocenters. The van der Waals surface area contributed by atoms with Gasteiger partial charge in [0.2, 0.25) is 0 Å². The van der Waals surface area contributed by atoms with Crippen LogP contribution in [0.2, 0.25) is 0 Å². The van der Waals surface area contributed by atoms with Crippen molar-refractivity contribution in [2.24, 2.45) is 0 Å². The van der Waals surface area contributed by atoms with Crippen LogP contribution in [0.1, 0.15) is 24.5 Å². The molecule has 1 aromatic rings. The molecular formula is C11H18N2. The number of nitrogen functional groups attached to an aromatic ring is 1. The molecule has 0 radical (unpaired) electrons. The van der Waals surface area contributed by atoms with Crippen molar-refractivity contribution in [1.82, 2.24) is 0 Å². The molecule has 2 heteroatoms. The molecule has 0 aromatic heterocycles. The lowest BCUT2D eigenvalue weighted by Gasteiger charge is -2.10. The van der Waals surface area contributed by atoms with Crippen molar-refractivity contribution in [3.05, 3.63) is 23.3 Å². The lowest BCUT2D eigenvalue weighted by Crippen LogP contribution is -2.03. The molecule has 2 nitrogen and oxygen atoms in total. The molecule has 0 unspecified atom stereocenters. The van der Waals surface area contributed by atoms with Crippen molar-refractivity contribution in [2.45, 2.75) is 27.2 Å². The summed E-state index contributed by atoms with van der Waals surface area (Å²) in [5.41, 5.74) is 10.3. The van der Waals surface area contributed by atoms with Crippen molar-refractivity contribution in [1.29, 1.82) is 0 Å². The van der Waals surface area contributed by atoms with E-state index in [-0.39, 0.29) is 0 Å². The predicted octanol–water partition coefficient (Wildman–Crippen LogP) is 2.71. The van der Waals surface area contributed by atoms with Crippen molar-refractivity contribution in [2.75, 3.05) is 17.6 Å². The molecule has 0 bridgehead atoms. The van der Waals surface area contributed by atoms with Crippen molar-refractivity contribution >= 4 is 11.4 Å². The Morgan fingerprint density at radius 1 is 1.23 bits per heavy atom. The molecule has 0 heterocycles. The highest BCUT2D eigenvalue weighted by atomic mass is 14.9. The van der Waals surface area contributed by atoms with Gasteiger partial charge in [0, 0.05) is 6.54 Å². The summed E-state index contributed by atoms with van der Waals surface area (Å²) in [5, 5.41) is 3.31. The fraction of sp³-hybridized carbons (Fsp3) is 0.455. The van der Waals surface area contributed by atoms with E-state index in [4.69, 9.17) is 5.73 Å². The molecule has 72 valence electrons. The third-order valence-electron chi connectivity index (χ3n) is 2.23. The van der Waals surface area contributed by atoms with Crippen LogP contribution in [0.3, 0.4) is 0 Å². The Labute approximate surface area is 80.1 Å². The number of aryl methyl sites for hydroxylation is 2. The van der Waals surface area contributed by atoms with Crippen molar-refractivity contribution < 1.29 is 0 Å². The predicted molar refractivity (Wildman–Crippen MR) is 59.1 cm³/mol. The first kappa shape index (κ1) is 9.90. The number of anilines is 2. The normalized spacial score (nSPS) is 10.1. The molecule has 0 saturated carbocycles. The fourth-order valence-electron chi connectivity index (χ4n) is 1.25. The maximum absolute atomic E-state index is 5.87. The molecular weight excluding hydrogens is 160 g/mol. The van der Waals surface area contributed by atoms with Crippen molar-refractivity contribution in [3.63, 3.8) is 0 Å². The van der Waals surface area contributed by atoms with E-state index < -0.39 is 0 Å². The minimum Gasteiger partial charge on any atom is -0.397 e. The van der Waals surface area contributed by atoms with E-state index in [0.29, 0.717) is 0 Å². The molecule has 0 spiro atoms. The number of hydrogen-bond donors (Lipinski definition) is 2. The Hall–Kier alpha value is -1.18. The van der Waals surface area contributed by atoms with Gasteiger partial charge < -0.3 is 11.1 Å². The van der Waals surface area contributed by atoms with Gasteiger partial charge in [-0.3, -0.25) is 0 Å². The number of hydrogen-bond acceptors (Lipinski definition) is 2. The van der Waals surface area contributed by atoms with E-state index in [0.717, 1.165) is 24.3 Å². The van der Waals surface area contributed by atoms with E-state index in [1.807, 2.05) is 6.07 Å². The molecule has 13 heavy (non-hydrogen) atoms. The first-order valence-electron chi connectivity index (χ1n) is 4.75. The Morgan fingerprint density at radius 2 is 1.85 bits per heavy atom. The first-order chi connectivity index (χ1) is 6.15. The average Bonchev–Trinajstić information content (AvgIpc) is 2.09. The smallest absolute Gasteiger partial charge is 0.0576 e. The highest BCUT2D eigenvalue weighted by molar-refractivity contribution is 5.68. The number of nitrogens with two attached hydrogens (primary N) is 1. The monoisotopic (exact) mass is 178 g/mol. The van der Waals surface area contributed by atoms with Crippen LogP contribution >= 0.6 is 0 Å². The molecule has 0 aliphatic rings. The Bertz CT molecular complexity index is 292. The lowest BCUT2D eigenvalue weighted by molar-refractivity contribution is 0.979. The second kappa shape index (κ2) is 4.17. The molecule has 1 aromatic carbocycles. The van der Waals surface area contributed by atoms with Crippen LogP contribution in [0.15, 0.2) is 12.1 Å². The van der Waals surface area contributed by atoms with Gasteiger partial charge in [-0.25, -0.2) is 0 Å². The van der Waals surface area contributed by atoms with E-state index >= 15 is 0 Å². The SMILES string of the molecule is CCCNc1cc(C)c(C)cc1N. The molecule has 1 rings (SSSR count). The van der Waals surface area contributed by atoms with Crippen LogP contribution in [0.4, 0.5) is 11.4 Å². The summed E-state index contributed by atoms with van der Waals surface area (Å²) in [4.78, 5) is 0. The minimum absolute atomic E-state index is 0.844. The summed E-state index contributed by atoms with van der Waals surface area (Å²) in [6.07, 6.45) is 1.12. The summed E-state index contributed by atoms with van der Waals surface area (Å²) >= 11 is 0. The summed E-state index contributed by atoms with van der Waals surface area (Å²) in [7, 11) is 0. The van der Waals surface area contributed by atoms with Gasteiger partial charge >= 0.3 is 0 Å². The van der Waals surface area contributed by atoms with Crippen LogP contribution < -0.4 is 11.1 Å². The fourth-order valence-corrected chi connectivity index (χ4v) is 1.25. The maximum atomic E-state index is 5.87. The molecule has 0 amide bonds. The zero-order valence-corrected chi connectivity index (χ0v) is 8.65. The third kappa shape index (κ3) is 2.38. The van der Waals surface area contributed by atoms with Crippen LogP contribution in [0.25, 0.3) is 0 Å². The van der Waals surface area contributed by atoms with Gasteiger partial charge in [0.15, 0.2) is 0 Å². The maximum Gasteiger partial charge on any atom is 0.0576 e. The minimum atomic E-state index is 0.844. The van der Waals surface area contributed by atoms with Crippen LogP contribution in [0.5, 0.6) is 0 Å².